The number of unbranched alkanes of at least 4 members (excludes halogenated alkanes) is 8. The van der Waals surface area contributed by atoms with Crippen molar-refractivity contribution in [2.45, 2.75) is 71.1 Å². The van der Waals surface area contributed by atoms with Crippen LogP contribution >= 0.6 is 0 Å². The minimum atomic E-state index is -0.357. The molecule has 0 aliphatic heterocycles. The fourth-order valence-corrected chi connectivity index (χ4v) is 1.86. The van der Waals surface area contributed by atoms with Crippen LogP contribution in [-0.4, -0.2) is 12.6 Å². The van der Waals surface area contributed by atoms with E-state index >= 15 is 0 Å². The summed E-state index contributed by atoms with van der Waals surface area (Å²) in [5.74, 6) is -0.357. The zero-order chi connectivity index (χ0) is 12.1. The number of carbonyl (C=O) groups is 2. The Balaban J connectivity index is 3.09. The molecule has 0 bridgehead atoms. The van der Waals surface area contributed by atoms with Gasteiger partial charge in [-0.05, 0) is 6.42 Å². The van der Waals surface area contributed by atoms with Crippen molar-refractivity contribution in [3.05, 3.63) is 0 Å². The smallest absolute Gasteiger partial charge is 0.130 e. The molecule has 0 saturated heterocycles. The molecule has 0 spiro atoms. The lowest BCUT2D eigenvalue weighted by Gasteiger charge is -2.03. The van der Waals surface area contributed by atoms with Crippen LogP contribution in [-0.2, 0) is 9.59 Å². The number of hydrogen-bond acceptors (Lipinski definition) is 2. The Morgan fingerprint density at radius 1 is 0.750 bits per heavy atom. The highest BCUT2D eigenvalue weighted by Crippen LogP contribution is 2.12. The van der Waals surface area contributed by atoms with E-state index in [1.807, 2.05) is 0 Å². The van der Waals surface area contributed by atoms with Gasteiger partial charge >= 0.3 is 0 Å². The van der Waals surface area contributed by atoms with Crippen molar-refractivity contribution in [3.8, 4) is 0 Å². The number of hydrogen-bond donors (Lipinski definition) is 0. The number of aldehydes is 2. The van der Waals surface area contributed by atoms with Gasteiger partial charge in [-0.15, -0.1) is 0 Å². The van der Waals surface area contributed by atoms with Crippen LogP contribution in [0.4, 0.5) is 0 Å². The molecule has 0 aliphatic carbocycles. The molecule has 2 heteroatoms. The summed E-state index contributed by atoms with van der Waals surface area (Å²) in [5, 5.41) is 0. The minimum absolute atomic E-state index is 0.357. The fraction of sp³-hybridized carbons (Fsp3) is 0.857. The SMILES string of the molecule is CCCCCCCCCCCC(C=O)C=O. The van der Waals surface area contributed by atoms with Gasteiger partial charge in [0.1, 0.15) is 12.6 Å². The van der Waals surface area contributed by atoms with Crippen molar-refractivity contribution in [1.82, 2.24) is 0 Å². The van der Waals surface area contributed by atoms with Gasteiger partial charge < -0.3 is 9.59 Å². The molecule has 2 nitrogen and oxygen atoms in total. The fourth-order valence-electron chi connectivity index (χ4n) is 1.86. The van der Waals surface area contributed by atoms with Gasteiger partial charge in [-0.1, -0.05) is 64.7 Å². The van der Waals surface area contributed by atoms with E-state index in [1.54, 1.807) is 0 Å². The van der Waals surface area contributed by atoms with Crippen LogP contribution < -0.4 is 0 Å². The molecule has 0 aromatic carbocycles. The topological polar surface area (TPSA) is 34.1 Å². The molecule has 0 aromatic rings. The van der Waals surface area contributed by atoms with E-state index in [4.69, 9.17) is 0 Å². The normalized spacial score (nSPS) is 10.6. The van der Waals surface area contributed by atoms with Crippen molar-refractivity contribution >= 4 is 12.6 Å². The zero-order valence-corrected chi connectivity index (χ0v) is 10.6. The first-order valence-corrected chi connectivity index (χ1v) is 6.75. The van der Waals surface area contributed by atoms with Gasteiger partial charge in [-0.3, -0.25) is 0 Å². The maximum Gasteiger partial charge on any atom is 0.130 e. The molecule has 16 heavy (non-hydrogen) atoms. The second-order valence-corrected chi connectivity index (χ2v) is 4.55. The average molecular weight is 226 g/mol. The molecule has 0 unspecified atom stereocenters. The summed E-state index contributed by atoms with van der Waals surface area (Å²) in [5.41, 5.74) is 0. The second-order valence-electron chi connectivity index (χ2n) is 4.55. The third kappa shape index (κ3) is 9.88. The maximum absolute atomic E-state index is 10.4. The first kappa shape index (κ1) is 15.3. The Kier molecular flexibility index (Phi) is 11.9. The van der Waals surface area contributed by atoms with Gasteiger partial charge in [-0.2, -0.15) is 0 Å². The molecular formula is C14H26O2. The molecule has 0 fully saturated rings. The summed E-state index contributed by atoms with van der Waals surface area (Å²) < 4.78 is 0. The Labute approximate surface area is 99.8 Å². The van der Waals surface area contributed by atoms with Crippen molar-refractivity contribution in [2.75, 3.05) is 0 Å². The molecule has 0 saturated carbocycles. The van der Waals surface area contributed by atoms with Crippen LogP contribution in [0.5, 0.6) is 0 Å². The molecule has 0 radical (unpaired) electrons. The highest BCUT2D eigenvalue weighted by Gasteiger charge is 2.03. The Morgan fingerprint density at radius 3 is 1.62 bits per heavy atom. The number of carbonyl (C=O) groups excluding carboxylic acids is 2. The molecule has 0 atom stereocenters. The van der Waals surface area contributed by atoms with E-state index < -0.39 is 0 Å². The minimum Gasteiger partial charge on any atom is -0.303 e. The van der Waals surface area contributed by atoms with Gasteiger partial charge in [0.2, 0.25) is 0 Å². The largest absolute Gasteiger partial charge is 0.303 e. The van der Waals surface area contributed by atoms with Crippen LogP contribution in [0.2, 0.25) is 0 Å². The van der Waals surface area contributed by atoms with Gasteiger partial charge in [0, 0.05) is 0 Å². The summed E-state index contributed by atoms with van der Waals surface area (Å²) in [6.45, 7) is 2.23. The summed E-state index contributed by atoms with van der Waals surface area (Å²) in [6.07, 6.45) is 13.7. The van der Waals surface area contributed by atoms with Gasteiger partial charge in [0.25, 0.3) is 0 Å². The van der Waals surface area contributed by atoms with Crippen LogP contribution in [0.25, 0.3) is 0 Å². The molecule has 0 rings (SSSR count). The first-order chi connectivity index (χ1) is 7.85. The van der Waals surface area contributed by atoms with Crippen molar-refractivity contribution < 1.29 is 9.59 Å². The Morgan fingerprint density at radius 2 is 1.19 bits per heavy atom. The third-order valence-electron chi connectivity index (χ3n) is 2.99. The molecular weight excluding hydrogens is 200 g/mol. The highest BCUT2D eigenvalue weighted by molar-refractivity contribution is 5.77. The molecule has 0 heterocycles. The van der Waals surface area contributed by atoms with Crippen molar-refractivity contribution in [2.24, 2.45) is 5.92 Å². The molecule has 0 amide bonds. The lowest BCUT2D eigenvalue weighted by molar-refractivity contribution is -0.119. The third-order valence-corrected chi connectivity index (χ3v) is 2.99. The van der Waals surface area contributed by atoms with E-state index in [9.17, 15) is 9.59 Å². The molecule has 0 aromatic heterocycles. The number of rotatable bonds is 12. The monoisotopic (exact) mass is 226 g/mol. The lowest BCUT2D eigenvalue weighted by Crippen LogP contribution is -2.02. The van der Waals surface area contributed by atoms with Crippen LogP contribution in [0.3, 0.4) is 0 Å². The van der Waals surface area contributed by atoms with Gasteiger partial charge in [0.15, 0.2) is 0 Å². The van der Waals surface area contributed by atoms with E-state index in [-0.39, 0.29) is 5.92 Å². The Bertz CT molecular complexity index is 158. The highest BCUT2D eigenvalue weighted by atomic mass is 16.1. The predicted octanol–water partition coefficient (Wildman–Crippen LogP) is 3.92. The molecule has 0 aliphatic rings. The predicted molar refractivity (Wildman–Crippen MR) is 67.5 cm³/mol. The maximum atomic E-state index is 10.4. The summed E-state index contributed by atoms with van der Waals surface area (Å²) in [4.78, 5) is 20.7. The lowest BCUT2D eigenvalue weighted by atomic mass is 10.0. The van der Waals surface area contributed by atoms with Gasteiger partial charge in [-0.25, -0.2) is 0 Å². The van der Waals surface area contributed by atoms with E-state index in [2.05, 4.69) is 6.92 Å². The zero-order valence-electron chi connectivity index (χ0n) is 10.6. The first-order valence-electron chi connectivity index (χ1n) is 6.75. The standard InChI is InChI=1S/C14H26O2/c1-2-3-4-5-6-7-8-9-10-11-14(12-15)13-16/h12-14H,2-11H2,1H3. The van der Waals surface area contributed by atoms with Crippen molar-refractivity contribution in [3.63, 3.8) is 0 Å². The molecule has 0 N–H and O–H groups in total. The average Bonchev–Trinajstić information content (AvgIpc) is 2.32. The van der Waals surface area contributed by atoms with Crippen LogP contribution in [0.1, 0.15) is 71.1 Å². The van der Waals surface area contributed by atoms with Crippen LogP contribution in [0, 0.1) is 5.92 Å². The summed E-state index contributed by atoms with van der Waals surface area (Å²) in [7, 11) is 0. The summed E-state index contributed by atoms with van der Waals surface area (Å²) in [6, 6.07) is 0. The van der Waals surface area contributed by atoms with Crippen molar-refractivity contribution in [1.29, 1.82) is 0 Å². The quantitative estimate of drug-likeness (QED) is 0.287. The second kappa shape index (κ2) is 12.4. The van der Waals surface area contributed by atoms with E-state index in [0.29, 0.717) is 0 Å². The van der Waals surface area contributed by atoms with Crippen LogP contribution in [0.15, 0.2) is 0 Å². The van der Waals surface area contributed by atoms with Gasteiger partial charge in [0.05, 0.1) is 5.92 Å². The summed E-state index contributed by atoms with van der Waals surface area (Å²) >= 11 is 0. The Hall–Kier alpha value is -0.660. The van der Waals surface area contributed by atoms with E-state index in [0.717, 1.165) is 31.8 Å². The van der Waals surface area contributed by atoms with E-state index in [1.165, 1.54) is 44.9 Å². The molecule has 94 valence electrons.